The number of ether oxygens (including phenoxy) is 1. The molecule has 1 aromatic carbocycles. The minimum Gasteiger partial charge on any atom is -0.439 e. The first kappa shape index (κ1) is 13.5. The average Bonchev–Trinajstić information content (AvgIpc) is 2.55. The standard InChI is InChI=1S/C13H15F2N3O/c1-8-12(3-4-16)13(18(2)17-8)19-11-6-9(14)5-10(15)7-11/h5-7H,3-4,16H2,1-2H3. The number of nitrogens with zero attached hydrogens (tertiary/aromatic N) is 2. The molecule has 19 heavy (non-hydrogen) atoms. The quantitative estimate of drug-likeness (QED) is 0.924. The van der Waals surface area contributed by atoms with Crippen LogP contribution in [0.4, 0.5) is 8.78 Å². The Morgan fingerprint density at radius 2 is 1.89 bits per heavy atom. The number of hydrogen-bond donors (Lipinski definition) is 1. The van der Waals surface area contributed by atoms with Gasteiger partial charge in [0.2, 0.25) is 5.88 Å². The monoisotopic (exact) mass is 267 g/mol. The Hall–Kier alpha value is -1.95. The van der Waals surface area contributed by atoms with Crippen LogP contribution in [-0.2, 0) is 13.5 Å². The highest BCUT2D eigenvalue weighted by atomic mass is 19.1. The highest BCUT2D eigenvalue weighted by molar-refractivity contribution is 5.36. The Kier molecular flexibility index (Phi) is 3.80. The van der Waals surface area contributed by atoms with Gasteiger partial charge >= 0.3 is 0 Å². The molecule has 4 nitrogen and oxygen atoms in total. The Bertz CT molecular complexity index is 576. The molecule has 0 aliphatic carbocycles. The van der Waals surface area contributed by atoms with Crippen LogP contribution in [0.25, 0.3) is 0 Å². The van der Waals surface area contributed by atoms with E-state index in [0.717, 1.165) is 29.5 Å². The van der Waals surface area contributed by atoms with Crippen molar-refractivity contribution in [2.75, 3.05) is 6.54 Å². The van der Waals surface area contributed by atoms with Crippen LogP contribution in [0.2, 0.25) is 0 Å². The molecule has 0 bridgehead atoms. The highest BCUT2D eigenvalue weighted by Gasteiger charge is 2.15. The Balaban J connectivity index is 2.37. The molecule has 1 heterocycles. The van der Waals surface area contributed by atoms with Gasteiger partial charge in [-0.1, -0.05) is 0 Å². The van der Waals surface area contributed by atoms with Gasteiger partial charge in [-0.25, -0.2) is 13.5 Å². The summed E-state index contributed by atoms with van der Waals surface area (Å²) in [5.41, 5.74) is 7.17. The normalized spacial score (nSPS) is 10.8. The summed E-state index contributed by atoms with van der Waals surface area (Å²) in [5.74, 6) is -0.824. The van der Waals surface area contributed by atoms with Gasteiger partial charge in [-0.05, 0) is 19.9 Å². The lowest BCUT2D eigenvalue weighted by Gasteiger charge is -2.08. The Morgan fingerprint density at radius 3 is 2.47 bits per heavy atom. The molecule has 0 aliphatic heterocycles. The lowest BCUT2D eigenvalue weighted by Crippen LogP contribution is -2.05. The number of aromatic nitrogens is 2. The van der Waals surface area contributed by atoms with E-state index < -0.39 is 11.6 Å². The van der Waals surface area contributed by atoms with Gasteiger partial charge in [-0.15, -0.1) is 0 Å². The maximum atomic E-state index is 13.1. The van der Waals surface area contributed by atoms with Crippen LogP contribution in [0.15, 0.2) is 18.2 Å². The molecule has 0 saturated heterocycles. The van der Waals surface area contributed by atoms with E-state index in [0.29, 0.717) is 18.8 Å². The minimum atomic E-state index is -0.686. The van der Waals surface area contributed by atoms with Crippen LogP contribution in [0.3, 0.4) is 0 Å². The van der Waals surface area contributed by atoms with E-state index in [1.165, 1.54) is 4.68 Å². The van der Waals surface area contributed by atoms with Crippen LogP contribution < -0.4 is 10.5 Å². The minimum absolute atomic E-state index is 0.0961. The molecule has 102 valence electrons. The third kappa shape index (κ3) is 2.90. The lowest BCUT2D eigenvalue weighted by molar-refractivity contribution is 0.418. The second-order valence-electron chi connectivity index (χ2n) is 4.24. The van der Waals surface area contributed by atoms with Crippen LogP contribution in [-0.4, -0.2) is 16.3 Å². The molecule has 2 aromatic rings. The first-order chi connectivity index (χ1) is 9.01. The molecule has 1 aromatic heterocycles. The van der Waals surface area contributed by atoms with Crippen molar-refractivity contribution in [3.63, 3.8) is 0 Å². The van der Waals surface area contributed by atoms with E-state index in [1.807, 2.05) is 6.92 Å². The van der Waals surface area contributed by atoms with E-state index in [-0.39, 0.29) is 5.75 Å². The van der Waals surface area contributed by atoms with Crippen molar-refractivity contribution in [3.8, 4) is 11.6 Å². The van der Waals surface area contributed by atoms with Crippen LogP contribution in [0.1, 0.15) is 11.3 Å². The van der Waals surface area contributed by atoms with Crippen molar-refractivity contribution < 1.29 is 13.5 Å². The Labute approximate surface area is 109 Å². The molecule has 0 atom stereocenters. The Morgan fingerprint density at radius 1 is 1.26 bits per heavy atom. The fraction of sp³-hybridized carbons (Fsp3) is 0.308. The van der Waals surface area contributed by atoms with E-state index in [1.54, 1.807) is 7.05 Å². The molecular formula is C13H15F2N3O. The molecule has 0 unspecified atom stereocenters. The summed E-state index contributed by atoms with van der Waals surface area (Å²) in [7, 11) is 1.71. The smallest absolute Gasteiger partial charge is 0.221 e. The van der Waals surface area contributed by atoms with E-state index in [4.69, 9.17) is 10.5 Å². The number of nitrogens with two attached hydrogens (primary N) is 1. The molecule has 0 aliphatic rings. The molecule has 0 amide bonds. The lowest BCUT2D eigenvalue weighted by atomic mass is 10.2. The second-order valence-corrected chi connectivity index (χ2v) is 4.24. The van der Waals surface area contributed by atoms with Crippen molar-refractivity contribution in [2.45, 2.75) is 13.3 Å². The van der Waals surface area contributed by atoms with Gasteiger partial charge in [0.15, 0.2) is 0 Å². The number of rotatable bonds is 4. The molecule has 0 radical (unpaired) electrons. The SMILES string of the molecule is Cc1nn(C)c(Oc2cc(F)cc(F)c2)c1CCN. The summed E-state index contributed by atoms with van der Waals surface area (Å²) in [6, 6.07) is 3.04. The zero-order valence-corrected chi connectivity index (χ0v) is 10.8. The van der Waals surface area contributed by atoms with Crippen molar-refractivity contribution >= 4 is 0 Å². The van der Waals surface area contributed by atoms with Gasteiger partial charge in [0.25, 0.3) is 0 Å². The van der Waals surface area contributed by atoms with Gasteiger partial charge in [0, 0.05) is 30.8 Å². The zero-order valence-electron chi connectivity index (χ0n) is 10.8. The first-order valence-electron chi connectivity index (χ1n) is 5.87. The molecule has 2 N–H and O–H groups in total. The second kappa shape index (κ2) is 5.36. The maximum Gasteiger partial charge on any atom is 0.221 e. The van der Waals surface area contributed by atoms with E-state index in [9.17, 15) is 8.78 Å². The summed E-state index contributed by atoms with van der Waals surface area (Å²) in [6.07, 6.45) is 0.590. The molecule has 2 rings (SSSR count). The first-order valence-corrected chi connectivity index (χ1v) is 5.87. The van der Waals surface area contributed by atoms with Crippen LogP contribution in [0, 0.1) is 18.6 Å². The van der Waals surface area contributed by atoms with Crippen molar-refractivity contribution in [1.29, 1.82) is 0 Å². The van der Waals surface area contributed by atoms with Gasteiger partial charge in [-0.2, -0.15) is 5.10 Å². The number of benzene rings is 1. The zero-order chi connectivity index (χ0) is 14.0. The maximum absolute atomic E-state index is 13.1. The van der Waals surface area contributed by atoms with Crippen molar-refractivity contribution in [2.24, 2.45) is 12.8 Å². The third-order valence-corrected chi connectivity index (χ3v) is 2.73. The summed E-state index contributed by atoms with van der Waals surface area (Å²) >= 11 is 0. The molecule has 0 spiro atoms. The van der Waals surface area contributed by atoms with Crippen molar-refractivity contribution in [1.82, 2.24) is 9.78 Å². The summed E-state index contributed by atoms with van der Waals surface area (Å²) in [6.45, 7) is 2.28. The van der Waals surface area contributed by atoms with Gasteiger partial charge in [-0.3, -0.25) is 0 Å². The highest BCUT2D eigenvalue weighted by Crippen LogP contribution is 2.28. The van der Waals surface area contributed by atoms with Crippen LogP contribution in [0.5, 0.6) is 11.6 Å². The fourth-order valence-electron chi connectivity index (χ4n) is 1.94. The third-order valence-electron chi connectivity index (χ3n) is 2.73. The molecule has 6 heteroatoms. The summed E-state index contributed by atoms with van der Waals surface area (Å²) in [4.78, 5) is 0. The fourth-order valence-corrected chi connectivity index (χ4v) is 1.94. The summed E-state index contributed by atoms with van der Waals surface area (Å²) < 4.78 is 33.3. The number of hydrogen-bond acceptors (Lipinski definition) is 3. The largest absolute Gasteiger partial charge is 0.439 e. The van der Waals surface area contributed by atoms with E-state index >= 15 is 0 Å². The number of aryl methyl sites for hydroxylation is 2. The molecule has 0 fully saturated rings. The number of halogens is 2. The van der Waals surface area contributed by atoms with Gasteiger partial charge in [0.1, 0.15) is 17.4 Å². The van der Waals surface area contributed by atoms with Crippen molar-refractivity contribution in [3.05, 3.63) is 41.1 Å². The van der Waals surface area contributed by atoms with Gasteiger partial charge in [0.05, 0.1) is 5.69 Å². The van der Waals surface area contributed by atoms with Gasteiger partial charge < -0.3 is 10.5 Å². The summed E-state index contributed by atoms with van der Waals surface area (Å²) in [5, 5.41) is 4.22. The predicted octanol–water partition coefficient (Wildman–Crippen LogP) is 2.30. The van der Waals surface area contributed by atoms with Crippen LogP contribution >= 0.6 is 0 Å². The van der Waals surface area contributed by atoms with E-state index in [2.05, 4.69) is 5.10 Å². The predicted molar refractivity (Wildman–Crippen MR) is 67.1 cm³/mol. The molecular weight excluding hydrogens is 252 g/mol. The topological polar surface area (TPSA) is 53.1 Å². The molecule has 0 saturated carbocycles. The average molecular weight is 267 g/mol.